The minimum absolute atomic E-state index is 0.513. The third-order valence-corrected chi connectivity index (χ3v) is 5.40. The zero-order valence-corrected chi connectivity index (χ0v) is 13.8. The van der Waals surface area contributed by atoms with Gasteiger partial charge in [-0.05, 0) is 31.7 Å². The van der Waals surface area contributed by atoms with Gasteiger partial charge in [-0.2, -0.15) is 0 Å². The van der Waals surface area contributed by atoms with Crippen LogP contribution in [0.2, 0.25) is 0 Å². The van der Waals surface area contributed by atoms with Crippen LogP contribution in [0.5, 0.6) is 0 Å². The summed E-state index contributed by atoms with van der Waals surface area (Å²) in [6, 6.07) is 0. The second-order valence-electron chi connectivity index (χ2n) is 5.61. The van der Waals surface area contributed by atoms with Crippen molar-refractivity contribution in [3.8, 4) is 0 Å². The molecule has 18 heavy (non-hydrogen) atoms. The molecule has 0 bridgehead atoms. The van der Waals surface area contributed by atoms with Gasteiger partial charge in [0.05, 0.1) is 6.61 Å². The summed E-state index contributed by atoms with van der Waals surface area (Å²) >= 11 is 3.78. The molecule has 0 heterocycles. The third kappa shape index (κ3) is 5.58. The molecule has 0 spiro atoms. The monoisotopic (exact) mass is 319 g/mol. The maximum absolute atomic E-state index is 5.49. The Bertz CT molecular complexity index is 203. The maximum atomic E-state index is 5.49. The second-order valence-corrected chi connectivity index (χ2v) is 6.17. The molecule has 0 aromatic heterocycles. The average molecular weight is 320 g/mol. The highest BCUT2D eigenvalue weighted by molar-refractivity contribution is 9.09. The van der Waals surface area contributed by atoms with Crippen molar-refractivity contribution in [3.63, 3.8) is 0 Å². The molecule has 0 aliphatic heterocycles. The fourth-order valence-corrected chi connectivity index (χ4v) is 3.71. The van der Waals surface area contributed by atoms with Gasteiger partial charge in [0.2, 0.25) is 0 Å². The maximum Gasteiger partial charge on any atom is 0.0593 e. The van der Waals surface area contributed by atoms with Gasteiger partial charge in [-0.3, -0.25) is 0 Å². The summed E-state index contributed by atoms with van der Waals surface area (Å²) in [6.45, 7) is 9.51. The molecule has 108 valence electrons. The van der Waals surface area contributed by atoms with Crippen molar-refractivity contribution in [2.24, 2.45) is 5.41 Å². The first-order valence-electron chi connectivity index (χ1n) is 7.62. The number of alkyl halides is 1. The van der Waals surface area contributed by atoms with E-state index < -0.39 is 0 Å². The molecule has 1 fully saturated rings. The van der Waals surface area contributed by atoms with Crippen LogP contribution in [0.25, 0.3) is 0 Å². The minimum Gasteiger partial charge on any atom is -0.380 e. The van der Waals surface area contributed by atoms with E-state index in [-0.39, 0.29) is 0 Å². The van der Waals surface area contributed by atoms with Gasteiger partial charge in [0.15, 0.2) is 0 Å². The molecule has 0 amide bonds. The highest BCUT2D eigenvalue weighted by atomic mass is 79.9. The van der Waals surface area contributed by atoms with Crippen LogP contribution in [0, 0.1) is 5.41 Å². The number of halogens is 1. The predicted molar refractivity (Wildman–Crippen MR) is 82.5 cm³/mol. The summed E-state index contributed by atoms with van der Waals surface area (Å²) in [6.07, 6.45) is 8.47. The predicted octanol–water partition coefficient (Wildman–Crippen LogP) is 4.08. The van der Waals surface area contributed by atoms with Gasteiger partial charge in [-0.1, -0.05) is 48.5 Å². The molecule has 1 saturated carbocycles. The Morgan fingerprint density at radius 3 is 2.28 bits per heavy atom. The van der Waals surface area contributed by atoms with Crippen LogP contribution >= 0.6 is 15.9 Å². The zero-order valence-electron chi connectivity index (χ0n) is 12.2. The van der Waals surface area contributed by atoms with Crippen LogP contribution in [-0.2, 0) is 4.74 Å². The Morgan fingerprint density at radius 2 is 1.78 bits per heavy atom. The zero-order chi connectivity index (χ0) is 13.3. The summed E-state index contributed by atoms with van der Waals surface area (Å²) in [5.74, 6) is 0. The molecule has 0 N–H and O–H groups in total. The van der Waals surface area contributed by atoms with Crippen LogP contribution in [0.4, 0.5) is 0 Å². The fourth-order valence-electron chi connectivity index (χ4n) is 2.97. The van der Waals surface area contributed by atoms with E-state index in [1.807, 2.05) is 0 Å². The Kier molecular flexibility index (Phi) is 8.53. The van der Waals surface area contributed by atoms with E-state index in [2.05, 4.69) is 34.7 Å². The molecule has 3 heteroatoms. The molecule has 0 aromatic carbocycles. The van der Waals surface area contributed by atoms with Gasteiger partial charge >= 0.3 is 0 Å². The first-order valence-corrected chi connectivity index (χ1v) is 8.74. The Morgan fingerprint density at radius 1 is 1.11 bits per heavy atom. The van der Waals surface area contributed by atoms with Crippen molar-refractivity contribution in [1.29, 1.82) is 0 Å². The Balaban J connectivity index is 2.46. The lowest BCUT2D eigenvalue weighted by Crippen LogP contribution is -2.40. The van der Waals surface area contributed by atoms with E-state index >= 15 is 0 Å². The molecule has 0 atom stereocenters. The Hall–Kier alpha value is 0.400. The molecule has 2 nitrogen and oxygen atoms in total. The summed E-state index contributed by atoms with van der Waals surface area (Å²) < 4.78 is 5.49. The normalized spacial score (nSPS) is 20.0. The van der Waals surface area contributed by atoms with Gasteiger partial charge in [-0.25, -0.2) is 0 Å². The lowest BCUT2D eigenvalue weighted by Gasteiger charge is -2.36. The summed E-state index contributed by atoms with van der Waals surface area (Å²) in [5.41, 5.74) is 0.513. The number of ether oxygens (including phenoxy) is 1. The number of hydrogen-bond acceptors (Lipinski definition) is 2. The van der Waals surface area contributed by atoms with Crippen molar-refractivity contribution in [2.45, 2.75) is 52.4 Å². The number of nitrogens with zero attached hydrogens (tertiary/aromatic N) is 1. The highest BCUT2D eigenvalue weighted by Gasteiger charge is 2.31. The van der Waals surface area contributed by atoms with Crippen molar-refractivity contribution >= 4 is 15.9 Å². The van der Waals surface area contributed by atoms with Crippen molar-refractivity contribution in [3.05, 3.63) is 0 Å². The molecule has 0 radical (unpaired) electrons. The van der Waals surface area contributed by atoms with Crippen molar-refractivity contribution in [2.75, 3.05) is 38.2 Å². The van der Waals surface area contributed by atoms with Gasteiger partial charge < -0.3 is 9.64 Å². The van der Waals surface area contributed by atoms with Crippen LogP contribution < -0.4 is 0 Å². The summed E-state index contributed by atoms with van der Waals surface area (Å²) in [4.78, 5) is 2.57. The summed E-state index contributed by atoms with van der Waals surface area (Å²) in [5, 5.41) is 1.16. The van der Waals surface area contributed by atoms with Gasteiger partial charge in [0.25, 0.3) is 0 Å². The average Bonchev–Trinajstić information content (AvgIpc) is 2.64. The largest absolute Gasteiger partial charge is 0.380 e. The van der Waals surface area contributed by atoms with Gasteiger partial charge in [0, 0.05) is 25.0 Å². The van der Waals surface area contributed by atoms with Gasteiger partial charge in [0.1, 0.15) is 0 Å². The minimum atomic E-state index is 0.513. The van der Waals surface area contributed by atoms with Crippen LogP contribution in [-0.4, -0.2) is 43.1 Å². The molecule has 0 saturated heterocycles. The molecular weight excluding hydrogens is 290 g/mol. The molecular formula is C15H30BrNO. The van der Waals surface area contributed by atoms with E-state index in [0.717, 1.165) is 31.6 Å². The lowest BCUT2D eigenvalue weighted by molar-refractivity contribution is 0.0902. The number of hydrogen-bond donors (Lipinski definition) is 0. The molecule has 1 aliphatic rings. The van der Waals surface area contributed by atoms with Crippen molar-refractivity contribution < 1.29 is 4.74 Å². The quantitative estimate of drug-likeness (QED) is 0.380. The third-order valence-electron chi connectivity index (χ3n) is 4.21. The topological polar surface area (TPSA) is 12.5 Å². The van der Waals surface area contributed by atoms with E-state index in [0.29, 0.717) is 5.41 Å². The molecule has 1 aliphatic carbocycles. The van der Waals surface area contributed by atoms with E-state index in [1.54, 1.807) is 0 Å². The second kappa shape index (κ2) is 9.33. The van der Waals surface area contributed by atoms with Crippen molar-refractivity contribution in [1.82, 2.24) is 4.90 Å². The SMILES string of the molecule is CCOCCN(CC)CC1(CBr)CCCCCC1. The van der Waals surface area contributed by atoms with Gasteiger partial charge in [-0.15, -0.1) is 0 Å². The fraction of sp³-hybridized carbons (Fsp3) is 1.00. The molecule has 0 unspecified atom stereocenters. The summed E-state index contributed by atoms with van der Waals surface area (Å²) in [7, 11) is 0. The Labute approximate surface area is 122 Å². The van der Waals surface area contributed by atoms with Crippen LogP contribution in [0.1, 0.15) is 52.4 Å². The lowest BCUT2D eigenvalue weighted by atomic mass is 9.82. The standard InChI is InChI=1S/C15H30BrNO/c1-3-17(11-12-18-4-2)14-15(13-16)9-7-5-6-8-10-15/h3-14H2,1-2H3. The first kappa shape index (κ1) is 16.5. The van der Waals surface area contributed by atoms with E-state index in [4.69, 9.17) is 4.74 Å². The number of likely N-dealkylation sites (N-methyl/N-ethyl adjacent to an activating group) is 1. The number of rotatable bonds is 8. The van der Waals surface area contributed by atoms with Crippen LogP contribution in [0.15, 0.2) is 0 Å². The smallest absolute Gasteiger partial charge is 0.0593 e. The highest BCUT2D eigenvalue weighted by Crippen LogP contribution is 2.37. The van der Waals surface area contributed by atoms with E-state index in [9.17, 15) is 0 Å². The first-order chi connectivity index (χ1) is 8.76. The van der Waals surface area contributed by atoms with Crippen LogP contribution in [0.3, 0.4) is 0 Å². The van der Waals surface area contributed by atoms with E-state index in [1.165, 1.54) is 45.1 Å². The molecule has 1 rings (SSSR count). The molecule has 0 aromatic rings.